The van der Waals surface area contributed by atoms with Gasteiger partial charge in [-0.2, -0.15) is 0 Å². The van der Waals surface area contributed by atoms with Gasteiger partial charge in [0.1, 0.15) is 11.5 Å². The van der Waals surface area contributed by atoms with E-state index in [0.717, 1.165) is 28.2 Å². The van der Waals surface area contributed by atoms with Crippen molar-refractivity contribution in [2.24, 2.45) is 0 Å². The van der Waals surface area contributed by atoms with Gasteiger partial charge < -0.3 is 9.51 Å². The fourth-order valence-corrected chi connectivity index (χ4v) is 2.40. The van der Waals surface area contributed by atoms with Crippen LogP contribution in [0.25, 0.3) is 5.65 Å². The minimum Gasteiger partial charge on any atom is -0.390 e. The molecule has 0 unspecified atom stereocenters. The molecule has 0 saturated carbocycles. The molecule has 0 aliphatic heterocycles. The quantitative estimate of drug-likeness (QED) is 0.794. The Hall–Kier alpha value is -2.20. The maximum Gasteiger partial charge on any atom is 0.140 e. The van der Waals surface area contributed by atoms with Crippen LogP contribution in [-0.4, -0.2) is 14.5 Å². The van der Waals surface area contributed by atoms with Gasteiger partial charge in [0.2, 0.25) is 0 Å². The van der Waals surface area contributed by atoms with E-state index in [1.54, 1.807) is 12.1 Å². The van der Waals surface area contributed by atoms with Crippen molar-refractivity contribution in [2.45, 2.75) is 20.0 Å². The highest BCUT2D eigenvalue weighted by Gasteiger charge is 2.13. The van der Waals surface area contributed by atoms with E-state index in [-0.39, 0.29) is 12.4 Å². The first-order chi connectivity index (χ1) is 9.69. The molecule has 0 aliphatic carbocycles. The average molecular weight is 270 g/mol. The summed E-state index contributed by atoms with van der Waals surface area (Å²) in [5, 5.41) is 9.60. The van der Waals surface area contributed by atoms with Crippen LogP contribution in [0.2, 0.25) is 0 Å². The van der Waals surface area contributed by atoms with Crippen molar-refractivity contribution in [1.82, 2.24) is 9.38 Å². The number of hydrogen-bond acceptors (Lipinski definition) is 2. The Labute approximate surface area is 116 Å². The number of pyridine rings is 1. The van der Waals surface area contributed by atoms with Crippen molar-refractivity contribution in [1.29, 1.82) is 0 Å². The highest BCUT2D eigenvalue weighted by atomic mass is 19.1. The molecule has 0 atom stereocenters. The number of fused-ring (bicyclic) bond motifs is 1. The zero-order valence-electron chi connectivity index (χ0n) is 11.2. The fourth-order valence-electron chi connectivity index (χ4n) is 2.40. The van der Waals surface area contributed by atoms with Crippen LogP contribution in [0.3, 0.4) is 0 Å². The van der Waals surface area contributed by atoms with Crippen LogP contribution in [0.15, 0.2) is 42.6 Å². The number of aryl methyl sites for hydroxylation is 1. The van der Waals surface area contributed by atoms with E-state index in [4.69, 9.17) is 0 Å². The van der Waals surface area contributed by atoms with Crippen molar-refractivity contribution in [3.05, 3.63) is 70.9 Å². The molecule has 0 bridgehead atoms. The number of aliphatic hydroxyl groups excluding tert-OH is 1. The minimum atomic E-state index is -0.248. The van der Waals surface area contributed by atoms with E-state index in [2.05, 4.69) is 4.98 Å². The molecule has 0 spiro atoms. The lowest BCUT2D eigenvalue weighted by Gasteiger charge is -2.02. The molecule has 0 radical (unpaired) electrons. The highest BCUT2D eigenvalue weighted by Crippen LogP contribution is 2.19. The Morgan fingerprint density at radius 1 is 1.20 bits per heavy atom. The second-order valence-corrected chi connectivity index (χ2v) is 4.85. The molecule has 20 heavy (non-hydrogen) atoms. The van der Waals surface area contributed by atoms with Gasteiger partial charge in [-0.25, -0.2) is 9.37 Å². The molecule has 3 aromatic rings. The van der Waals surface area contributed by atoms with Gasteiger partial charge in [-0.3, -0.25) is 0 Å². The molecular formula is C16H15FN2O. The van der Waals surface area contributed by atoms with Crippen LogP contribution < -0.4 is 0 Å². The summed E-state index contributed by atoms with van der Waals surface area (Å²) >= 11 is 0. The molecule has 0 amide bonds. The van der Waals surface area contributed by atoms with E-state index in [1.165, 1.54) is 12.1 Å². The van der Waals surface area contributed by atoms with E-state index in [1.807, 2.05) is 29.7 Å². The Morgan fingerprint density at radius 2 is 1.95 bits per heavy atom. The van der Waals surface area contributed by atoms with Crippen LogP contribution in [0.5, 0.6) is 0 Å². The summed E-state index contributed by atoms with van der Waals surface area (Å²) in [5.41, 5.74) is 4.50. The number of imidazole rings is 1. The first-order valence-corrected chi connectivity index (χ1v) is 6.50. The van der Waals surface area contributed by atoms with Crippen molar-refractivity contribution in [3.8, 4) is 0 Å². The topological polar surface area (TPSA) is 37.5 Å². The third kappa shape index (κ3) is 2.18. The van der Waals surface area contributed by atoms with E-state index in [0.29, 0.717) is 6.42 Å². The van der Waals surface area contributed by atoms with Gasteiger partial charge in [0, 0.05) is 12.6 Å². The normalized spacial score (nSPS) is 11.2. The average Bonchev–Trinajstić information content (AvgIpc) is 2.80. The maximum atomic E-state index is 12.9. The Balaban J connectivity index is 2.07. The van der Waals surface area contributed by atoms with Gasteiger partial charge in [-0.05, 0) is 36.2 Å². The largest absolute Gasteiger partial charge is 0.390 e. The summed E-state index contributed by atoms with van der Waals surface area (Å²) in [7, 11) is 0. The van der Waals surface area contributed by atoms with Gasteiger partial charge in [0.25, 0.3) is 0 Å². The number of rotatable bonds is 3. The molecule has 0 fully saturated rings. The fraction of sp³-hybridized carbons (Fsp3) is 0.188. The molecule has 3 rings (SSSR count). The Kier molecular flexibility index (Phi) is 3.24. The van der Waals surface area contributed by atoms with Gasteiger partial charge in [-0.1, -0.05) is 18.2 Å². The predicted molar refractivity (Wildman–Crippen MR) is 75.1 cm³/mol. The van der Waals surface area contributed by atoms with E-state index >= 15 is 0 Å². The Morgan fingerprint density at radius 3 is 2.65 bits per heavy atom. The number of nitrogens with zero attached hydrogens (tertiary/aromatic N) is 2. The van der Waals surface area contributed by atoms with Crippen LogP contribution in [0, 0.1) is 12.7 Å². The molecule has 3 nitrogen and oxygen atoms in total. The summed E-state index contributed by atoms with van der Waals surface area (Å²) in [6, 6.07) is 10.3. The molecule has 2 aromatic heterocycles. The standard InChI is InChI=1S/C16H15FN2O/c1-11-3-2-8-19-15(10-20)14(18-16(11)19)9-12-4-6-13(17)7-5-12/h2-8,20H,9-10H2,1H3. The highest BCUT2D eigenvalue weighted by molar-refractivity contribution is 5.50. The van der Waals surface area contributed by atoms with Crippen LogP contribution in [0.4, 0.5) is 4.39 Å². The van der Waals surface area contributed by atoms with Crippen LogP contribution in [0.1, 0.15) is 22.5 Å². The smallest absolute Gasteiger partial charge is 0.140 e. The maximum absolute atomic E-state index is 12.9. The Bertz CT molecular complexity index is 747. The second-order valence-electron chi connectivity index (χ2n) is 4.85. The van der Waals surface area contributed by atoms with Gasteiger partial charge in [0.15, 0.2) is 0 Å². The summed E-state index contributed by atoms with van der Waals surface area (Å²) in [4.78, 5) is 4.61. The molecule has 102 valence electrons. The third-order valence-corrected chi connectivity index (χ3v) is 3.46. The van der Waals surface area contributed by atoms with E-state index < -0.39 is 0 Å². The SMILES string of the molecule is Cc1cccn2c(CO)c(Cc3ccc(F)cc3)nc12. The van der Waals surface area contributed by atoms with Gasteiger partial charge in [0.05, 0.1) is 18.0 Å². The number of aliphatic hydroxyl groups is 1. The first-order valence-electron chi connectivity index (χ1n) is 6.50. The zero-order chi connectivity index (χ0) is 14.1. The minimum absolute atomic E-state index is 0.0683. The number of hydrogen-bond donors (Lipinski definition) is 1. The summed E-state index contributed by atoms with van der Waals surface area (Å²) in [6.07, 6.45) is 2.48. The molecule has 0 aliphatic rings. The molecule has 4 heteroatoms. The van der Waals surface area contributed by atoms with Crippen LogP contribution in [-0.2, 0) is 13.0 Å². The molecule has 1 aromatic carbocycles. The molecule has 1 N–H and O–H groups in total. The number of halogens is 1. The lowest BCUT2D eigenvalue weighted by molar-refractivity contribution is 0.274. The van der Waals surface area contributed by atoms with Crippen molar-refractivity contribution < 1.29 is 9.50 Å². The molecule has 2 heterocycles. The third-order valence-electron chi connectivity index (χ3n) is 3.46. The second kappa shape index (κ2) is 5.06. The predicted octanol–water partition coefficient (Wildman–Crippen LogP) is 2.86. The van der Waals surface area contributed by atoms with Gasteiger partial charge in [-0.15, -0.1) is 0 Å². The number of benzene rings is 1. The monoisotopic (exact) mass is 270 g/mol. The summed E-state index contributed by atoms with van der Waals surface area (Å²) < 4.78 is 14.8. The van der Waals surface area contributed by atoms with Gasteiger partial charge >= 0.3 is 0 Å². The van der Waals surface area contributed by atoms with Crippen molar-refractivity contribution in [2.75, 3.05) is 0 Å². The number of aromatic nitrogens is 2. The lowest BCUT2D eigenvalue weighted by Crippen LogP contribution is -1.98. The summed E-state index contributed by atoms with van der Waals surface area (Å²) in [6.45, 7) is 1.92. The van der Waals surface area contributed by atoms with Crippen molar-refractivity contribution in [3.63, 3.8) is 0 Å². The lowest BCUT2D eigenvalue weighted by atomic mass is 10.1. The van der Waals surface area contributed by atoms with Crippen LogP contribution >= 0.6 is 0 Å². The first kappa shape index (κ1) is 12.8. The summed E-state index contributed by atoms with van der Waals surface area (Å²) in [5.74, 6) is -0.248. The van der Waals surface area contributed by atoms with E-state index in [9.17, 15) is 9.50 Å². The zero-order valence-corrected chi connectivity index (χ0v) is 11.2. The van der Waals surface area contributed by atoms with Crippen molar-refractivity contribution >= 4 is 5.65 Å². The molecule has 0 saturated heterocycles. The molecular weight excluding hydrogens is 255 g/mol.